The van der Waals surface area contributed by atoms with E-state index in [1.165, 1.54) is 18.3 Å². The number of halogens is 2. The number of carbonyl (C=O) groups excluding carboxylic acids is 2. The molecule has 0 spiro atoms. The standard InChI is InChI=1S/C19H17ClFN5O3/c20-8-16(27)24-15-7-11(26-3-5-29-6-4-26)9-22-18(15)19(28)12-1-2-14(21)17-13(12)10-23-25-17/h1-2,7,9-10H,3-6,8H2,(H,23,25)(H,24,27). The molecule has 150 valence electrons. The van der Waals surface area contributed by atoms with Gasteiger partial charge in [0, 0.05) is 24.0 Å². The molecule has 1 fully saturated rings. The van der Waals surface area contributed by atoms with Crippen molar-refractivity contribution in [2.75, 3.05) is 42.4 Å². The summed E-state index contributed by atoms with van der Waals surface area (Å²) < 4.78 is 19.3. The molecular formula is C19H17ClFN5O3. The lowest BCUT2D eigenvalue weighted by atomic mass is 10.0. The number of nitrogens with one attached hydrogen (secondary N) is 2. The van der Waals surface area contributed by atoms with Crippen LogP contribution in [0.4, 0.5) is 15.8 Å². The van der Waals surface area contributed by atoms with Crippen LogP contribution in [0, 0.1) is 5.82 Å². The van der Waals surface area contributed by atoms with Crippen LogP contribution in [0.15, 0.2) is 30.6 Å². The van der Waals surface area contributed by atoms with Gasteiger partial charge in [0.1, 0.15) is 22.9 Å². The maximum Gasteiger partial charge on any atom is 0.239 e. The summed E-state index contributed by atoms with van der Waals surface area (Å²) in [6.07, 6.45) is 2.95. The van der Waals surface area contributed by atoms with Crippen LogP contribution in [0.25, 0.3) is 10.9 Å². The number of anilines is 2. The Balaban J connectivity index is 1.76. The molecule has 0 aliphatic carbocycles. The Morgan fingerprint density at radius 3 is 2.83 bits per heavy atom. The maximum atomic E-state index is 13.9. The van der Waals surface area contributed by atoms with Crippen LogP contribution >= 0.6 is 11.6 Å². The molecule has 1 aliphatic heterocycles. The quantitative estimate of drug-likeness (QED) is 0.488. The zero-order chi connectivity index (χ0) is 20.4. The van der Waals surface area contributed by atoms with Crippen LogP contribution in [-0.2, 0) is 9.53 Å². The monoisotopic (exact) mass is 417 g/mol. The molecule has 1 saturated heterocycles. The van der Waals surface area contributed by atoms with Crippen molar-refractivity contribution in [3.05, 3.63) is 47.7 Å². The number of H-pyrrole nitrogens is 1. The normalized spacial score (nSPS) is 14.2. The number of fused-ring (bicyclic) bond motifs is 1. The van der Waals surface area contributed by atoms with Gasteiger partial charge in [-0.05, 0) is 18.2 Å². The molecule has 1 amide bonds. The lowest BCUT2D eigenvalue weighted by Crippen LogP contribution is -2.36. The van der Waals surface area contributed by atoms with Gasteiger partial charge in [-0.25, -0.2) is 9.37 Å². The third-order valence-electron chi connectivity index (χ3n) is 4.67. The van der Waals surface area contributed by atoms with E-state index < -0.39 is 17.5 Å². The van der Waals surface area contributed by atoms with E-state index in [1.54, 1.807) is 12.3 Å². The first-order valence-corrected chi connectivity index (χ1v) is 9.46. The Morgan fingerprint density at radius 1 is 1.28 bits per heavy atom. The van der Waals surface area contributed by atoms with Gasteiger partial charge in [0.2, 0.25) is 11.7 Å². The molecule has 29 heavy (non-hydrogen) atoms. The van der Waals surface area contributed by atoms with Crippen LogP contribution in [0.5, 0.6) is 0 Å². The Kier molecular flexibility index (Phi) is 5.41. The fraction of sp³-hybridized carbons (Fsp3) is 0.263. The second-order valence-corrected chi connectivity index (χ2v) is 6.72. The topological polar surface area (TPSA) is 100 Å². The molecular weight excluding hydrogens is 401 g/mol. The highest BCUT2D eigenvalue weighted by molar-refractivity contribution is 6.29. The zero-order valence-corrected chi connectivity index (χ0v) is 16.0. The predicted octanol–water partition coefficient (Wildman–Crippen LogP) is 2.34. The van der Waals surface area contributed by atoms with Gasteiger partial charge in [-0.2, -0.15) is 5.10 Å². The molecule has 1 aliphatic rings. The third-order valence-corrected chi connectivity index (χ3v) is 4.91. The minimum absolute atomic E-state index is 0.0367. The SMILES string of the molecule is O=C(CCl)Nc1cc(N2CCOCC2)cnc1C(=O)c1ccc(F)c2[nH]ncc12. The van der Waals surface area contributed by atoms with E-state index in [2.05, 4.69) is 20.5 Å². The number of pyridine rings is 1. The highest BCUT2D eigenvalue weighted by Crippen LogP contribution is 2.27. The Labute approximate surface area is 170 Å². The van der Waals surface area contributed by atoms with Gasteiger partial charge in [-0.3, -0.25) is 14.7 Å². The van der Waals surface area contributed by atoms with Gasteiger partial charge in [-0.1, -0.05) is 0 Å². The van der Waals surface area contributed by atoms with Crippen LogP contribution in [0.3, 0.4) is 0 Å². The molecule has 3 aromatic rings. The molecule has 0 radical (unpaired) electrons. The number of morpholine rings is 1. The van der Waals surface area contributed by atoms with E-state index in [1.807, 2.05) is 4.90 Å². The summed E-state index contributed by atoms with van der Waals surface area (Å²) >= 11 is 5.62. The van der Waals surface area contributed by atoms with Crippen LogP contribution in [0.1, 0.15) is 16.1 Å². The van der Waals surface area contributed by atoms with Crippen molar-refractivity contribution >= 4 is 45.6 Å². The van der Waals surface area contributed by atoms with Crippen LogP contribution in [0.2, 0.25) is 0 Å². The van der Waals surface area contributed by atoms with Crippen molar-refractivity contribution in [1.82, 2.24) is 15.2 Å². The summed E-state index contributed by atoms with van der Waals surface area (Å²) in [5.41, 5.74) is 1.39. The van der Waals surface area contributed by atoms with Crippen molar-refractivity contribution in [2.45, 2.75) is 0 Å². The number of ketones is 1. The largest absolute Gasteiger partial charge is 0.378 e. The minimum atomic E-state index is -0.514. The fourth-order valence-corrected chi connectivity index (χ4v) is 3.30. The average molecular weight is 418 g/mol. The molecule has 2 aromatic heterocycles. The first kappa shape index (κ1) is 19.3. The van der Waals surface area contributed by atoms with Gasteiger partial charge >= 0.3 is 0 Å². The number of carbonyl (C=O) groups is 2. The lowest BCUT2D eigenvalue weighted by molar-refractivity contribution is -0.113. The van der Waals surface area contributed by atoms with E-state index in [4.69, 9.17) is 16.3 Å². The zero-order valence-electron chi connectivity index (χ0n) is 15.2. The van der Waals surface area contributed by atoms with Crippen LogP contribution in [-0.4, -0.2) is 59.1 Å². The number of nitrogens with zero attached hydrogens (tertiary/aromatic N) is 3. The number of benzene rings is 1. The van der Waals surface area contributed by atoms with Crippen molar-refractivity contribution in [3.63, 3.8) is 0 Å². The summed E-state index contributed by atoms with van der Waals surface area (Å²) in [7, 11) is 0. The summed E-state index contributed by atoms with van der Waals surface area (Å²) in [5.74, 6) is -1.71. The lowest BCUT2D eigenvalue weighted by Gasteiger charge is -2.29. The Morgan fingerprint density at radius 2 is 2.07 bits per heavy atom. The first-order valence-electron chi connectivity index (χ1n) is 8.93. The smallest absolute Gasteiger partial charge is 0.239 e. The van der Waals surface area contributed by atoms with Crippen molar-refractivity contribution in [1.29, 1.82) is 0 Å². The first-order chi connectivity index (χ1) is 14.1. The highest BCUT2D eigenvalue weighted by atomic mass is 35.5. The molecule has 8 nitrogen and oxygen atoms in total. The summed E-state index contributed by atoms with van der Waals surface area (Å²) in [6, 6.07) is 4.25. The average Bonchev–Trinajstić information content (AvgIpc) is 3.25. The number of alkyl halides is 1. The number of aromatic nitrogens is 3. The number of rotatable bonds is 5. The molecule has 0 saturated carbocycles. The van der Waals surface area contributed by atoms with Gasteiger partial charge < -0.3 is 15.0 Å². The maximum absolute atomic E-state index is 13.9. The van der Waals surface area contributed by atoms with Crippen molar-refractivity contribution < 1.29 is 18.7 Å². The van der Waals surface area contributed by atoms with E-state index in [0.29, 0.717) is 31.7 Å². The highest BCUT2D eigenvalue weighted by Gasteiger charge is 2.22. The van der Waals surface area contributed by atoms with Crippen molar-refractivity contribution in [3.8, 4) is 0 Å². The molecule has 10 heteroatoms. The van der Waals surface area contributed by atoms with E-state index in [0.717, 1.165) is 5.69 Å². The number of hydrogen-bond acceptors (Lipinski definition) is 6. The van der Waals surface area contributed by atoms with Gasteiger partial charge in [0.05, 0.1) is 37.0 Å². The van der Waals surface area contributed by atoms with Crippen LogP contribution < -0.4 is 10.2 Å². The fourth-order valence-electron chi connectivity index (χ4n) is 3.24. The summed E-state index contributed by atoms with van der Waals surface area (Å²) in [6.45, 7) is 2.51. The second-order valence-electron chi connectivity index (χ2n) is 6.45. The molecule has 0 atom stereocenters. The van der Waals surface area contributed by atoms with E-state index in [9.17, 15) is 14.0 Å². The summed E-state index contributed by atoms with van der Waals surface area (Å²) in [5, 5.41) is 9.32. The minimum Gasteiger partial charge on any atom is -0.378 e. The van der Waals surface area contributed by atoms with E-state index >= 15 is 0 Å². The third kappa shape index (κ3) is 3.79. The molecule has 0 bridgehead atoms. The molecule has 3 heterocycles. The molecule has 4 rings (SSSR count). The summed E-state index contributed by atoms with van der Waals surface area (Å²) in [4.78, 5) is 31.5. The molecule has 0 unspecified atom stereocenters. The number of aromatic amines is 1. The number of ether oxygens (including phenoxy) is 1. The molecule has 1 aromatic carbocycles. The number of amides is 1. The van der Waals surface area contributed by atoms with Gasteiger partial charge in [0.15, 0.2) is 0 Å². The predicted molar refractivity (Wildman–Crippen MR) is 106 cm³/mol. The van der Waals surface area contributed by atoms with Gasteiger partial charge in [-0.15, -0.1) is 11.6 Å². The molecule has 2 N–H and O–H groups in total. The van der Waals surface area contributed by atoms with Crippen molar-refractivity contribution in [2.24, 2.45) is 0 Å². The number of hydrogen-bond donors (Lipinski definition) is 2. The second kappa shape index (κ2) is 8.14. The Hall–Kier alpha value is -3.04. The van der Waals surface area contributed by atoms with E-state index in [-0.39, 0.29) is 28.3 Å². The Bertz CT molecular complexity index is 1080. The van der Waals surface area contributed by atoms with Gasteiger partial charge in [0.25, 0.3) is 0 Å².